The Hall–Kier alpha value is -4.65. The third-order valence-corrected chi connectivity index (χ3v) is 6.42. The van der Waals surface area contributed by atoms with E-state index in [0.717, 1.165) is 27.0 Å². The standard InChI is InChI=1S/C30H26N2O5/c1-4-37-24-12-9-23(10-13-24)32-29(34)26-14-8-22(17-27(26)30(32)35)28(33)31(2)18-19-5-6-21-16-25(36-3)11-7-20(21)15-19/h5-17H,4,18H2,1-3H3. The lowest BCUT2D eigenvalue weighted by Crippen LogP contribution is -2.29. The van der Waals surface area contributed by atoms with Crippen molar-refractivity contribution in [2.45, 2.75) is 13.5 Å². The second-order valence-electron chi connectivity index (χ2n) is 8.84. The average molecular weight is 495 g/mol. The first-order valence-electron chi connectivity index (χ1n) is 12.0. The number of anilines is 1. The number of methoxy groups -OCH3 is 1. The predicted octanol–water partition coefficient (Wildman–Crippen LogP) is 5.32. The first kappa shape index (κ1) is 24.1. The van der Waals surface area contributed by atoms with Gasteiger partial charge in [-0.3, -0.25) is 14.4 Å². The largest absolute Gasteiger partial charge is 0.497 e. The van der Waals surface area contributed by atoms with E-state index in [0.29, 0.717) is 30.2 Å². The van der Waals surface area contributed by atoms with Crippen molar-refractivity contribution in [2.24, 2.45) is 0 Å². The summed E-state index contributed by atoms with van der Waals surface area (Å²) in [6.45, 7) is 2.80. The van der Waals surface area contributed by atoms with E-state index in [1.54, 1.807) is 55.5 Å². The van der Waals surface area contributed by atoms with Gasteiger partial charge < -0.3 is 14.4 Å². The van der Waals surface area contributed by atoms with E-state index in [-0.39, 0.29) is 17.0 Å². The summed E-state index contributed by atoms with van der Waals surface area (Å²) in [7, 11) is 3.35. The van der Waals surface area contributed by atoms with Gasteiger partial charge in [-0.1, -0.05) is 18.2 Å². The Morgan fingerprint density at radius 2 is 1.49 bits per heavy atom. The van der Waals surface area contributed by atoms with Crippen molar-refractivity contribution in [2.75, 3.05) is 25.7 Å². The van der Waals surface area contributed by atoms with E-state index in [4.69, 9.17) is 9.47 Å². The summed E-state index contributed by atoms with van der Waals surface area (Å²) in [6, 6.07) is 23.3. The summed E-state index contributed by atoms with van der Waals surface area (Å²) in [5.74, 6) is 0.344. The second kappa shape index (κ2) is 9.78. The fourth-order valence-corrected chi connectivity index (χ4v) is 4.53. The number of benzene rings is 4. The maximum absolute atomic E-state index is 13.2. The van der Waals surface area contributed by atoms with Crippen LogP contribution in [-0.4, -0.2) is 43.4 Å². The van der Waals surface area contributed by atoms with E-state index in [1.807, 2.05) is 43.3 Å². The van der Waals surface area contributed by atoms with Crippen LogP contribution in [0.25, 0.3) is 10.8 Å². The maximum Gasteiger partial charge on any atom is 0.266 e. The van der Waals surface area contributed by atoms with Gasteiger partial charge in [-0.15, -0.1) is 0 Å². The van der Waals surface area contributed by atoms with E-state index < -0.39 is 11.8 Å². The first-order valence-corrected chi connectivity index (χ1v) is 12.0. The normalized spacial score (nSPS) is 12.6. The summed E-state index contributed by atoms with van der Waals surface area (Å²) >= 11 is 0. The zero-order valence-corrected chi connectivity index (χ0v) is 20.9. The average Bonchev–Trinajstić information content (AvgIpc) is 3.17. The Kier molecular flexibility index (Phi) is 6.36. The molecule has 0 N–H and O–H groups in total. The van der Waals surface area contributed by atoms with Crippen LogP contribution < -0.4 is 14.4 Å². The van der Waals surface area contributed by atoms with Crippen LogP contribution in [-0.2, 0) is 6.54 Å². The van der Waals surface area contributed by atoms with Crippen molar-refractivity contribution >= 4 is 34.2 Å². The summed E-state index contributed by atoms with van der Waals surface area (Å²) in [4.78, 5) is 42.1. The van der Waals surface area contributed by atoms with Gasteiger partial charge in [-0.2, -0.15) is 0 Å². The SMILES string of the molecule is CCOc1ccc(N2C(=O)c3ccc(C(=O)N(C)Cc4ccc5cc(OC)ccc5c4)cc3C2=O)cc1. The van der Waals surface area contributed by atoms with Crippen LogP contribution in [0.4, 0.5) is 5.69 Å². The minimum Gasteiger partial charge on any atom is -0.497 e. The van der Waals surface area contributed by atoms with Crippen LogP contribution in [0.5, 0.6) is 11.5 Å². The van der Waals surface area contributed by atoms with Gasteiger partial charge in [0, 0.05) is 19.2 Å². The molecule has 4 aromatic carbocycles. The number of fused-ring (bicyclic) bond motifs is 2. The number of rotatable bonds is 7. The zero-order valence-electron chi connectivity index (χ0n) is 20.9. The molecule has 0 saturated carbocycles. The van der Waals surface area contributed by atoms with Gasteiger partial charge in [-0.25, -0.2) is 4.90 Å². The van der Waals surface area contributed by atoms with Crippen LogP contribution in [0.15, 0.2) is 78.9 Å². The molecular formula is C30H26N2O5. The Labute approximate surface area is 214 Å². The molecule has 0 aromatic heterocycles. The molecule has 0 bridgehead atoms. The van der Waals surface area contributed by atoms with Crippen LogP contribution in [0.2, 0.25) is 0 Å². The molecule has 1 aliphatic rings. The number of amides is 3. The highest BCUT2D eigenvalue weighted by atomic mass is 16.5. The summed E-state index contributed by atoms with van der Waals surface area (Å²) in [5, 5.41) is 2.10. The molecule has 0 fully saturated rings. The van der Waals surface area contributed by atoms with E-state index in [1.165, 1.54) is 6.07 Å². The molecule has 186 valence electrons. The lowest BCUT2D eigenvalue weighted by Gasteiger charge is -2.18. The van der Waals surface area contributed by atoms with Gasteiger partial charge in [0.2, 0.25) is 0 Å². The number of imide groups is 1. The highest BCUT2D eigenvalue weighted by molar-refractivity contribution is 6.34. The minimum atomic E-state index is -0.452. The summed E-state index contributed by atoms with van der Waals surface area (Å²) in [5.41, 5.74) is 2.28. The van der Waals surface area contributed by atoms with Gasteiger partial charge in [0.15, 0.2) is 0 Å². The molecule has 3 amide bonds. The van der Waals surface area contributed by atoms with Crippen molar-refractivity contribution in [1.82, 2.24) is 4.90 Å². The molecule has 0 aliphatic carbocycles. The van der Waals surface area contributed by atoms with Crippen molar-refractivity contribution in [3.8, 4) is 11.5 Å². The van der Waals surface area contributed by atoms with Crippen LogP contribution >= 0.6 is 0 Å². The first-order chi connectivity index (χ1) is 17.9. The monoisotopic (exact) mass is 494 g/mol. The maximum atomic E-state index is 13.2. The predicted molar refractivity (Wildman–Crippen MR) is 141 cm³/mol. The number of ether oxygens (including phenoxy) is 2. The fraction of sp³-hybridized carbons (Fsp3) is 0.167. The summed E-state index contributed by atoms with van der Waals surface area (Å²) in [6.07, 6.45) is 0. The third-order valence-electron chi connectivity index (χ3n) is 6.42. The molecule has 0 saturated heterocycles. The Morgan fingerprint density at radius 1 is 0.811 bits per heavy atom. The number of carbonyl (C=O) groups is 3. The molecule has 4 aromatic rings. The summed E-state index contributed by atoms with van der Waals surface area (Å²) < 4.78 is 10.7. The fourth-order valence-electron chi connectivity index (χ4n) is 4.53. The van der Waals surface area contributed by atoms with Gasteiger partial charge in [-0.05, 0) is 83.9 Å². The topological polar surface area (TPSA) is 76.2 Å². The van der Waals surface area contributed by atoms with Crippen molar-refractivity contribution in [3.63, 3.8) is 0 Å². The molecule has 0 unspecified atom stereocenters. The smallest absolute Gasteiger partial charge is 0.266 e. The molecule has 7 nitrogen and oxygen atoms in total. The van der Waals surface area contributed by atoms with Crippen LogP contribution in [0.1, 0.15) is 43.6 Å². The Morgan fingerprint density at radius 3 is 2.22 bits per heavy atom. The van der Waals surface area contributed by atoms with E-state index in [9.17, 15) is 14.4 Å². The van der Waals surface area contributed by atoms with Crippen LogP contribution in [0.3, 0.4) is 0 Å². The van der Waals surface area contributed by atoms with Crippen LogP contribution in [0, 0.1) is 0 Å². The lowest BCUT2D eigenvalue weighted by atomic mass is 10.0. The zero-order chi connectivity index (χ0) is 26.1. The molecule has 37 heavy (non-hydrogen) atoms. The van der Waals surface area contributed by atoms with E-state index >= 15 is 0 Å². The second-order valence-corrected chi connectivity index (χ2v) is 8.84. The van der Waals surface area contributed by atoms with Gasteiger partial charge in [0.25, 0.3) is 17.7 Å². The minimum absolute atomic E-state index is 0.220. The number of carbonyl (C=O) groups excluding carboxylic acids is 3. The third kappa shape index (κ3) is 4.51. The van der Waals surface area contributed by atoms with Crippen molar-refractivity contribution < 1.29 is 23.9 Å². The molecule has 0 spiro atoms. The van der Waals surface area contributed by atoms with Crippen molar-refractivity contribution in [3.05, 3.63) is 101 Å². The molecule has 7 heteroatoms. The van der Waals surface area contributed by atoms with Gasteiger partial charge in [0.1, 0.15) is 11.5 Å². The Balaban J connectivity index is 1.34. The van der Waals surface area contributed by atoms with E-state index in [2.05, 4.69) is 0 Å². The quantitative estimate of drug-likeness (QED) is 0.325. The number of hydrogen-bond acceptors (Lipinski definition) is 5. The highest BCUT2D eigenvalue weighted by Crippen LogP contribution is 2.31. The van der Waals surface area contributed by atoms with Gasteiger partial charge >= 0.3 is 0 Å². The Bertz CT molecular complexity index is 1530. The number of nitrogens with zero attached hydrogens (tertiary/aromatic N) is 2. The molecule has 1 heterocycles. The highest BCUT2D eigenvalue weighted by Gasteiger charge is 2.37. The molecule has 0 atom stereocenters. The lowest BCUT2D eigenvalue weighted by molar-refractivity contribution is 0.0784. The van der Waals surface area contributed by atoms with Crippen molar-refractivity contribution in [1.29, 1.82) is 0 Å². The molecule has 5 rings (SSSR count). The molecular weight excluding hydrogens is 468 g/mol. The number of hydrogen-bond donors (Lipinski definition) is 0. The molecule has 1 aliphatic heterocycles. The van der Waals surface area contributed by atoms with Gasteiger partial charge in [0.05, 0.1) is 30.5 Å². The molecule has 0 radical (unpaired) electrons.